The molecule has 0 radical (unpaired) electrons. The molecule has 1 aliphatic heterocycles. The maximum absolute atomic E-state index is 13.4. The number of likely N-dealkylation sites (tertiary alicyclic amines) is 1. The quantitative estimate of drug-likeness (QED) is 0.814. The minimum absolute atomic E-state index is 0.210. The van der Waals surface area contributed by atoms with E-state index in [4.69, 9.17) is 0 Å². The zero-order valence-electron chi connectivity index (χ0n) is 10.8. The topological polar surface area (TPSA) is 32.3 Å². The van der Waals surface area contributed by atoms with Gasteiger partial charge in [0.1, 0.15) is 5.82 Å². The van der Waals surface area contributed by atoms with Crippen molar-refractivity contribution in [1.29, 1.82) is 0 Å². The number of nitrogens with zero attached hydrogens (tertiary/aromatic N) is 1. The summed E-state index contributed by atoms with van der Waals surface area (Å²) in [5.74, 6) is 0.601. The molecule has 4 heteroatoms. The molecule has 2 amide bonds. The third kappa shape index (κ3) is 3.00. The van der Waals surface area contributed by atoms with Crippen LogP contribution in [0.5, 0.6) is 0 Å². The molecule has 0 bridgehead atoms. The van der Waals surface area contributed by atoms with Crippen molar-refractivity contribution in [2.24, 2.45) is 11.8 Å². The maximum atomic E-state index is 13.4. The first-order valence-electron chi connectivity index (χ1n) is 6.36. The Kier molecular flexibility index (Phi) is 3.84. The van der Waals surface area contributed by atoms with E-state index in [1.165, 1.54) is 6.07 Å². The van der Waals surface area contributed by atoms with Gasteiger partial charge in [0.25, 0.3) is 0 Å². The van der Waals surface area contributed by atoms with Gasteiger partial charge in [-0.15, -0.1) is 0 Å². The molecule has 0 aliphatic carbocycles. The number of halogens is 1. The van der Waals surface area contributed by atoms with Crippen molar-refractivity contribution < 1.29 is 9.18 Å². The summed E-state index contributed by atoms with van der Waals surface area (Å²) in [5.41, 5.74) is 0.244. The number of piperidine rings is 1. The van der Waals surface area contributed by atoms with Gasteiger partial charge in [-0.3, -0.25) is 0 Å². The predicted octanol–water partition coefficient (Wildman–Crippen LogP) is 3.34. The lowest BCUT2D eigenvalue weighted by atomic mass is 9.92. The molecule has 1 aromatic carbocycles. The van der Waals surface area contributed by atoms with E-state index in [9.17, 15) is 9.18 Å². The number of hydrogen-bond acceptors (Lipinski definition) is 1. The Balaban J connectivity index is 2.02. The standard InChI is InChI=1S/C14H19FN2O/c1-10-7-11(2)9-17(8-10)14(18)16-13-6-4-3-5-12(13)15/h3-6,10-11H,7-9H2,1-2H3,(H,16,18)/t10-,11+. The van der Waals surface area contributed by atoms with Crippen molar-refractivity contribution in [1.82, 2.24) is 4.90 Å². The maximum Gasteiger partial charge on any atom is 0.321 e. The summed E-state index contributed by atoms with van der Waals surface area (Å²) in [5, 5.41) is 2.63. The molecule has 2 rings (SSSR count). The van der Waals surface area contributed by atoms with Gasteiger partial charge >= 0.3 is 6.03 Å². The molecule has 1 N–H and O–H groups in total. The predicted molar refractivity (Wildman–Crippen MR) is 69.9 cm³/mol. The van der Waals surface area contributed by atoms with Crippen LogP contribution >= 0.6 is 0 Å². The number of benzene rings is 1. The van der Waals surface area contributed by atoms with Crippen LogP contribution in [0.15, 0.2) is 24.3 Å². The molecular weight excluding hydrogens is 231 g/mol. The lowest BCUT2D eigenvalue weighted by molar-refractivity contribution is 0.156. The van der Waals surface area contributed by atoms with Crippen LogP contribution in [0.3, 0.4) is 0 Å². The van der Waals surface area contributed by atoms with Crippen LogP contribution in [0.25, 0.3) is 0 Å². The largest absolute Gasteiger partial charge is 0.324 e. The molecule has 0 saturated carbocycles. The van der Waals surface area contributed by atoms with Gasteiger partial charge in [-0.25, -0.2) is 9.18 Å². The fourth-order valence-corrected chi connectivity index (χ4v) is 2.59. The minimum Gasteiger partial charge on any atom is -0.324 e. The summed E-state index contributed by atoms with van der Waals surface area (Å²) in [4.78, 5) is 13.8. The number of para-hydroxylation sites is 1. The average molecular weight is 250 g/mol. The molecule has 2 atom stereocenters. The number of anilines is 1. The summed E-state index contributed by atoms with van der Waals surface area (Å²) >= 11 is 0. The smallest absolute Gasteiger partial charge is 0.321 e. The second-order valence-electron chi connectivity index (χ2n) is 5.26. The second kappa shape index (κ2) is 5.38. The van der Waals surface area contributed by atoms with Crippen molar-refractivity contribution in [2.75, 3.05) is 18.4 Å². The van der Waals surface area contributed by atoms with Crippen LogP contribution in [0.2, 0.25) is 0 Å². The van der Waals surface area contributed by atoms with Crippen molar-refractivity contribution in [3.05, 3.63) is 30.1 Å². The van der Waals surface area contributed by atoms with E-state index in [0.29, 0.717) is 11.8 Å². The number of urea groups is 1. The molecule has 1 aliphatic rings. The highest BCUT2D eigenvalue weighted by Gasteiger charge is 2.25. The van der Waals surface area contributed by atoms with E-state index in [1.807, 2.05) is 0 Å². The van der Waals surface area contributed by atoms with Gasteiger partial charge in [0.2, 0.25) is 0 Å². The number of carbonyl (C=O) groups is 1. The number of hydrogen-bond donors (Lipinski definition) is 1. The van der Waals surface area contributed by atoms with Gasteiger partial charge < -0.3 is 10.2 Å². The summed E-state index contributed by atoms with van der Waals surface area (Å²) in [7, 11) is 0. The van der Waals surface area contributed by atoms with E-state index in [1.54, 1.807) is 23.1 Å². The summed E-state index contributed by atoms with van der Waals surface area (Å²) < 4.78 is 13.4. The Morgan fingerprint density at radius 2 is 1.89 bits per heavy atom. The van der Waals surface area contributed by atoms with E-state index in [-0.39, 0.29) is 11.7 Å². The molecule has 98 valence electrons. The Hall–Kier alpha value is -1.58. The highest BCUT2D eigenvalue weighted by atomic mass is 19.1. The Bertz CT molecular complexity index is 426. The molecule has 18 heavy (non-hydrogen) atoms. The zero-order valence-corrected chi connectivity index (χ0v) is 10.8. The van der Waals surface area contributed by atoms with E-state index >= 15 is 0 Å². The van der Waals surface area contributed by atoms with E-state index in [2.05, 4.69) is 19.2 Å². The van der Waals surface area contributed by atoms with Gasteiger partial charge in [-0.05, 0) is 30.4 Å². The Morgan fingerprint density at radius 3 is 2.50 bits per heavy atom. The molecule has 0 unspecified atom stereocenters. The van der Waals surface area contributed by atoms with Crippen molar-refractivity contribution in [3.63, 3.8) is 0 Å². The number of nitrogens with one attached hydrogen (secondary N) is 1. The number of amides is 2. The first kappa shape index (κ1) is 12.9. The van der Waals surface area contributed by atoms with E-state index in [0.717, 1.165) is 19.5 Å². The van der Waals surface area contributed by atoms with Gasteiger partial charge in [0.15, 0.2) is 0 Å². The third-order valence-electron chi connectivity index (χ3n) is 3.27. The van der Waals surface area contributed by atoms with E-state index < -0.39 is 5.82 Å². The van der Waals surface area contributed by atoms with Crippen molar-refractivity contribution in [3.8, 4) is 0 Å². The fourth-order valence-electron chi connectivity index (χ4n) is 2.59. The van der Waals surface area contributed by atoms with Gasteiger partial charge in [0.05, 0.1) is 5.69 Å². The number of rotatable bonds is 1. The molecule has 1 saturated heterocycles. The molecule has 0 aromatic heterocycles. The van der Waals surface area contributed by atoms with Crippen molar-refractivity contribution >= 4 is 11.7 Å². The zero-order chi connectivity index (χ0) is 13.1. The third-order valence-corrected chi connectivity index (χ3v) is 3.27. The molecule has 1 heterocycles. The summed E-state index contributed by atoms with van der Waals surface area (Å²) in [6.45, 7) is 5.76. The molecule has 1 aromatic rings. The summed E-state index contributed by atoms with van der Waals surface area (Å²) in [6, 6.07) is 6.02. The van der Waals surface area contributed by atoms with Crippen LogP contribution in [0, 0.1) is 17.7 Å². The van der Waals surface area contributed by atoms with Crippen LogP contribution in [-0.4, -0.2) is 24.0 Å². The van der Waals surface area contributed by atoms with Crippen LogP contribution < -0.4 is 5.32 Å². The van der Waals surface area contributed by atoms with Gasteiger partial charge in [0, 0.05) is 13.1 Å². The lowest BCUT2D eigenvalue weighted by Crippen LogP contribution is -2.44. The van der Waals surface area contributed by atoms with Crippen LogP contribution in [0.1, 0.15) is 20.3 Å². The first-order chi connectivity index (χ1) is 8.56. The lowest BCUT2D eigenvalue weighted by Gasteiger charge is -2.34. The SMILES string of the molecule is C[C@@H]1C[C@H](C)CN(C(=O)Nc2ccccc2F)C1. The van der Waals surface area contributed by atoms with Crippen LogP contribution in [-0.2, 0) is 0 Å². The normalized spacial score (nSPS) is 23.8. The van der Waals surface area contributed by atoms with Crippen molar-refractivity contribution in [2.45, 2.75) is 20.3 Å². The molecule has 1 fully saturated rings. The number of carbonyl (C=O) groups excluding carboxylic acids is 1. The van der Waals surface area contributed by atoms with Crippen LogP contribution in [0.4, 0.5) is 14.9 Å². The monoisotopic (exact) mass is 250 g/mol. The van der Waals surface area contributed by atoms with Gasteiger partial charge in [-0.2, -0.15) is 0 Å². The average Bonchev–Trinajstić information content (AvgIpc) is 2.31. The summed E-state index contributed by atoms with van der Waals surface area (Å²) in [6.07, 6.45) is 1.14. The fraction of sp³-hybridized carbons (Fsp3) is 0.500. The highest BCUT2D eigenvalue weighted by molar-refractivity contribution is 5.89. The second-order valence-corrected chi connectivity index (χ2v) is 5.26. The highest BCUT2D eigenvalue weighted by Crippen LogP contribution is 2.22. The molecule has 3 nitrogen and oxygen atoms in total. The Morgan fingerprint density at radius 1 is 1.28 bits per heavy atom. The first-order valence-corrected chi connectivity index (χ1v) is 6.36. The van der Waals surface area contributed by atoms with Gasteiger partial charge in [-0.1, -0.05) is 26.0 Å². The minimum atomic E-state index is -0.399. The molecule has 0 spiro atoms. The molecular formula is C14H19FN2O. The Labute approximate surface area is 107 Å².